The molecule has 14 heavy (non-hydrogen) atoms. The Kier molecular flexibility index (Phi) is 6.96. The molecule has 0 aromatic carbocycles. The summed E-state index contributed by atoms with van der Waals surface area (Å²) >= 11 is 1.80. The highest BCUT2D eigenvalue weighted by atomic mass is 32.2. The molecule has 0 fully saturated rings. The second-order valence-electron chi connectivity index (χ2n) is 3.68. The van der Waals surface area contributed by atoms with Crippen molar-refractivity contribution in [1.29, 1.82) is 0 Å². The van der Waals surface area contributed by atoms with Gasteiger partial charge in [0, 0.05) is 23.5 Å². The zero-order valence-electron chi connectivity index (χ0n) is 9.41. The van der Waals surface area contributed by atoms with Gasteiger partial charge in [0.15, 0.2) is 0 Å². The fraction of sp³-hybridized carbons (Fsp3) is 0.889. The number of amides is 1. The van der Waals surface area contributed by atoms with Crippen LogP contribution in [0.15, 0.2) is 0 Å². The van der Waals surface area contributed by atoms with Gasteiger partial charge >= 0.3 is 0 Å². The van der Waals surface area contributed by atoms with E-state index in [0.29, 0.717) is 5.25 Å². The maximum atomic E-state index is 11.2. The van der Waals surface area contributed by atoms with E-state index in [4.69, 9.17) is 5.84 Å². The van der Waals surface area contributed by atoms with E-state index in [1.807, 2.05) is 21.0 Å². The highest BCUT2D eigenvalue weighted by Crippen LogP contribution is 2.18. The topological polar surface area (TPSA) is 58.4 Å². The van der Waals surface area contributed by atoms with Crippen molar-refractivity contribution >= 4 is 17.7 Å². The minimum absolute atomic E-state index is 0.0350. The van der Waals surface area contributed by atoms with Crippen LogP contribution in [0.1, 0.15) is 13.8 Å². The lowest BCUT2D eigenvalue weighted by Gasteiger charge is -2.18. The number of thioether (sulfide) groups is 1. The molecule has 0 radical (unpaired) electrons. The van der Waals surface area contributed by atoms with Crippen molar-refractivity contribution in [3.05, 3.63) is 0 Å². The molecule has 0 aliphatic rings. The quantitative estimate of drug-likeness (QED) is 0.383. The van der Waals surface area contributed by atoms with Gasteiger partial charge < -0.3 is 4.90 Å². The standard InChI is InChI=1S/C9H21N3OS/c1-7(9(13)11-10)8(2)14-6-5-12(3)4/h7-8H,5-6,10H2,1-4H3,(H,11,13). The first-order valence-electron chi connectivity index (χ1n) is 4.75. The van der Waals surface area contributed by atoms with Gasteiger partial charge in [-0.1, -0.05) is 13.8 Å². The lowest BCUT2D eigenvalue weighted by Crippen LogP contribution is -2.38. The third kappa shape index (κ3) is 5.47. The molecule has 84 valence electrons. The first-order chi connectivity index (χ1) is 6.49. The normalized spacial score (nSPS) is 15.3. The minimum Gasteiger partial charge on any atom is -0.309 e. The molecule has 0 aliphatic carbocycles. The molecule has 5 heteroatoms. The van der Waals surface area contributed by atoms with Crippen molar-refractivity contribution in [1.82, 2.24) is 10.3 Å². The van der Waals surface area contributed by atoms with Crippen molar-refractivity contribution in [2.24, 2.45) is 11.8 Å². The van der Waals surface area contributed by atoms with E-state index in [9.17, 15) is 4.79 Å². The molecule has 2 unspecified atom stereocenters. The van der Waals surface area contributed by atoms with Crippen LogP contribution in [-0.2, 0) is 4.79 Å². The summed E-state index contributed by atoms with van der Waals surface area (Å²) in [6.07, 6.45) is 0. The van der Waals surface area contributed by atoms with Crippen LogP contribution in [0.5, 0.6) is 0 Å². The molecule has 0 aromatic rings. The van der Waals surface area contributed by atoms with Gasteiger partial charge in [-0.3, -0.25) is 10.2 Å². The number of nitrogens with zero attached hydrogens (tertiary/aromatic N) is 1. The third-order valence-corrected chi connectivity index (χ3v) is 3.53. The number of rotatable bonds is 6. The number of hydrogen-bond donors (Lipinski definition) is 2. The van der Waals surface area contributed by atoms with E-state index >= 15 is 0 Å². The van der Waals surface area contributed by atoms with Crippen LogP contribution in [0.2, 0.25) is 0 Å². The predicted octanol–water partition coefficient (Wildman–Crippen LogP) is 0.296. The molecular weight excluding hydrogens is 198 g/mol. The van der Waals surface area contributed by atoms with Gasteiger partial charge in [0.2, 0.25) is 5.91 Å². The molecule has 3 N–H and O–H groups in total. The molecular formula is C9H21N3OS. The fourth-order valence-electron chi connectivity index (χ4n) is 0.910. The molecule has 0 spiro atoms. The Balaban J connectivity index is 3.72. The first-order valence-corrected chi connectivity index (χ1v) is 5.80. The van der Waals surface area contributed by atoms with Gasteiger partial charge in [-0.15, -0.1) is 0 Å². The molecule has 4 nitrogen and oxygen atoms in total. The van der Waals surface area contributed by atoms with Crippen molar-refractivity contribution in [3.8, 4) is 0 Å². The molecule has 0 rings (SSSR count). The zero-order valence-corrected chi connectivity index (χ0v) is 10.2. The maximum absolute atomic E-state index is 11.2. The summed E-state index contributed by atoms with van der Waals surface area (Å²) in [4.78, 5) is 13.3. The van der Waals surface area contributed by atoms with Gasteiger partial charge in [-0.25, -0.2) is 5.84 Å². The highest BCUT2D eigenvalue weighted by molar-refractivity contribution is 7.99. The van der Waals surface area contributed by atoms with Gasteiger partial charge in [-0.2, -0.15) is 11.8 Å². The summed E-state index contributed by atoms with van der Waals surface area (Å²) in [5, 5.41) is 0.304. The number of hydrazine groups is 1. The lowest BCUT2D eigenvalue weighted by molar-refractivity contribution is -0.124. The third-order valence-electron chi connectivity index (χ3n) is 2.18. The summed E-state index contributed by atoms with van der Waals surface area (Å²) in [5.41, 5.74) is 2.18. The predicted molar refractivity (Wildman–Crippen MR) is 62.0 cm³/mol. The van der Waals surface area contributed by atoms with E-state index < -0.39 is 0 Å². The van der Waals surface area contributed by atoms with Crippen molar-refractivity contribution in [2.75, 3.05) is 26.4 Å². The van der Waals surface area contributed by atoms with Crippen molar-refractivity contribution in [3.63, 3.8) is 0 Å². The molecule has 0 saturated heterocycles. The average Bonchev–Trinajstić information content (AvgIpc) is 2.14. The minimum atomic E-state index is -0.0881. The van der Waals surface area contributed by atoms with E-state index in [1.54, 1.807) is 11.8 Å². The first kappa shape index (κ1) is 13.7. The average molecular weight is 219 g/mol. The Bertz CT molecular complexity index is 175. The summed E-state index contributed by atoms with van der Waals surface area (Å²) in [7, 11) is 4.09. The number of nitrogens with two attached hydrogens (primary N) is 1. The Morgan fingerprint density at radius 1 is 1.50 bits per heavy atom. The van der Waals surface area contributed by atoms with Gasteiger partial charge in [0.25, 0.3) is 0 Å². The maximum Gasteiger partial charge on any atom is 0.237 e. The van der Waals surface area contributed by atoms with Crippen LogP contribution in [-0.4, -0.2) is 42.4 Å². The molecule has 2 atom stereocenters. The van der Waals surface area contributed by atoms with Crippen LogP contribution in [0.25, 0.3) is 0 Å². The second-order valence-corrected chi connectivity index (χ2v) is 5.16. The monoisotopic (exact) mass is 219 g/mol. The van der Waals surface area contributed by atoms with Crippen molar-refractivity contribution in [2.45, 2.75) is 19.1 Å². The van der Waals surface area contributed by atoms with Crippen LogP contribution in [0.3, 0.4) is 0 Å². The lowest BCUT2D eigenvalue weighted by atomic mass is 10.1. The second kappa shape index (κ2) is 7.09. The molecule has 0 saturated carbocycles. The number of nitrogens with one attached hydrogen (secondary N) is 1. The van der Waals surface area contributed by atoms with E-state index in [-0.39, 0.29) is 11.8 Å². The number of carbonyl (C=O) groups excluding carboxylic acids is 1. The largest absolute Gasteiger partial charge is 0.309 e. The van der Waals surface area contributed by atoms with Crippen LogP contribution >= 0.6 is 11.8 Å². The summed E-state index contributed by atoms with van der Waals surface area (Å²) in [6.45, 7) is 4.99. The van der Waals surface area contributed by atoms with Gasteiger partial charge in [0.1, 0.15) is 0 Å². The number of carbonyl (C=O) groups is 1. The van der Waals surface area contributed by atoms with Gasteiger partial charge in [-0.05, 0) is 14.1 Å². The Labute approximate surface area is 90.6 Å². The molecule has 0 bridgehead atoms. The summed E-state index contributed by atoms with van der Waals surface area (Å²) < 4.78 is 0. The Morgan fingerprint density at radius 3 is 2.50 bits per heavy atom. The number of hydrogen-bond acceptors (Lipinski definition) is 4. The van der Waals surface area contributed by atoms with E-state index in [1.165, 1.54) is 0 Å². The molecule has 0 aliphatic heterocycles. The zero-order chi connectivity index (χ0) is 11.1. The fourth-order valence-corrected chi connectivity index (χ4v) is 2.16. The van der Waals surface area contributed by atoms with Crippen LogP contribution in [0, 0.1) is 5.92 Å². The van der Waals surface area contributed by atoms with Crippen LogP contribution in [0.4, 0.5) is 0 Å². The smallest absolute Gasteiger partial charge is 0.237 e. The van der Waals surface area contributed by atoms with E-state index in [2.05, 4.69) is 17.2 Å². The van der Waals surface area contributed by atoms with Gasteiger partial charge in [0.05, 0.1) is 0 Å². The summed E-state index contributed by atoms with van der Waals surface area (Å²) in [6, 6.07) is 0. The van der Waals surface area contributed by atoms with Crippen molar-refractivity contribution < 1.29 is 4.79 Å². The Morgan fingerprint density at radius 2 is 2.07 bits per heavy atom. The highest BCUT2D eigenvalue weighted by Gasteiger charge is 2.19. The SMILES string of the molecule is CC(SCCN(C)C)C(C)C(=O)NN. The molecule has 0 aromatic heterocycles. The molecule has 1 amide bonds. The summed E-state index contributed by atoms with van der Waals surface area (Å²) in [5.74, 6) is 5.99. The van der Waals surface area contributed by atoms with E-state index in [0.717, 1.165) is 12.3 Å². The molecule has 0 heterocycles. The van der Waals surface area contributed by atoms with Crippen LogP contribution < -0.4 is 11.3 Å². The Hall–Kier alpha value is -0.260.